The molecule has 0 spiro atoms. The molecule has 0 amide bonds. The first kappa shape index (κ1) is 20.1. The van der Waals surface area contributed by atoms with Crippen LogP contribution in [0.2, 0.25) is 0 Å². The molecule has 4 saturated carbocycles. The van der Waals surface area contributed by atoms with Gasteiger partial charge in [-0.3, -0.25) is 15.0 Å². The third-order valence-electron chi connectivity index (χ3n) is 9.19. The molecule has 7 nitrogen and oxygen atoms in total. The first-order valence-corrected chi connectivity index (χ1v) is 12.3. The van der Waals surface area contributed by atoms with Crippen molar-refractivity contribution in [1.82, 2.24) is 20.2 Å². The van der Waals surface area contributed by atoms with Gasteiger partial charge in [0.15, 0.2) is 6.29 Å². The number of hydrogen-bond acceptors (Lipinski definition) is 7. The number of anilines is 1. The van der Waals surface area contributed by atoms with E-state index in [-0.39, 0.29) is 11.5 Å². The summed E-state index contributed by atoms with van der Waals surface area (Å²) in [5.74, 6) is 3.39. The van der Waals surface area contributed by atoms with Crippen LogP contribution in [0.4, 0.5) is 5.82 Å². The second kappa shape index (κ2) is 7.49. The van der Waals surface area contributed by atoms with E-state index in [4.69, 9.17) is 0 Å². The van der Waals surface area contributed by atoms with Gasteiger partial charge in [0, 0.05) is 25.2 Å². The maximum absolute atomic E-state index is 11.9. The number of carbonyl (C=O) groups excluding carboxylic acids is 1. The lowest BCUT2D eigenvalue weighted by Gasteiger charge is -2.58. The molecule has 31 heavy (non-hydrogen) atoms. The van der Waals surface area contributed by atoms with Crippen molar-refractivity contribution in [2.45, 2.75) is 76.1 Å². The van der Waals surface area contributed by atoms with Gasteiger partial charge in [0.2, 0.25) is 0 Å². The molecular weight excluding hydrogens is 390 g/mol. The molecule has 168 valence electrons. The minimum atomic E-state index is -0.537. The lowest BCUT2D eigenvalue weighted by atomic mass is 9.48. The van der Waals surface area contributed by atoms with Crippen LogP contribution in [-0.4, -0.2) is 57.7 Å². The van der Waals surface area contributed by atoms with Crippen molar-refractivity contribution < 1.29 is 9.90 Å². The largest absolute Gasteiger partial charge is 0.391 e. The van der Waals surface area contributed by atoms with Crippen LogP contribution in [0.15, 0.2) is 6.33 Å². The molecule has 2 aliphatic heterocycles. The number of carbonyl (C=O) groups is 1. The Morgan fingerprint density at radius 3 is 2.61 bits per heavy atom. The van der Waals surface area contributed by atoms with Gasteiger partial charge in [-0.2, -0.15) is 0 Å². The van der Waals surface area contributed by atoms with E-state index >= 15 is 0 Å². The lowest BCUT2D eigenvalue weighted by molar-refractivity contribution is -0.120. The fourth-order valence-corrected chi connectivity index (χ4v) is 8.04. The summed E-state index contributed by atoms with van der Waals surface area (Å²) in [7, 11) is 0. The van der Waals surface area contributed by atoms with E-state index in [1.54, 1.807) is 6.33 Å². The molecule has 4 aliphatic carbocycles. The molecule has 1 aromatic heterocycles. The van der Waals surface area contributed by atoms with Crippen molar-refractivity contribution in [2.75, 3.05) is 25.0 Å². The Balaban J connectivity index is 1.15. The monoisotopic (exact) mass is 425 g/mol. The van der Waals surface area contributed by atoms with E-state index in [1.165, 1.54) is 38.5 Å². The van der Waals surface area contributed by atoms with Crippen LogP contribution in [0.1, 0.15) is 62.6 Å². The molecule has 3 heterocycles. The predicted octanol–water partition coefficient (Wildman–Crippen LogP) is 2.10. The van der Waals surface area contributed by atoms with E-state index in [2.05, 4.69) is 25.5 Å². The molecule has 5 fully saturated rings. The number of fused-ring (bicyclic) bond motifs is 1. The maximum atomic E-state index is 11.9. The van der Waals surface area contributed by atoms with Gasteiger partial charge in [-0.25, -0.2) is 9.97 Å². The molecule has 3 N–H and O–H groups in total. The zero-order chi connectivity index (χ0) is 21.1. The van der Waals surface area contributed by atoms with E-state index < -0.39 is 5.66 Å². The molecule has 1 aromatic rings. The summed E-state index contributed by atoms with van der Waals surface area (Å²) in [5.41, 5.74) is 1.74. The lowest BCUT2D eigenvalue weighted by Crippen LogP contribution is -2.58. The molecule has 6 aliphatic rings. The van der Waals surface area contributed by atoms with Crippen molar-refractivity contribution in [1.29, 1.82) is 0 Å². The SMILES string of the molecule is O=C[C@@]1(N2CCc3c(ncnc3NCC(O)C34CC5CC(CC(C5)C3)C4)C2)CCCN1. The van der Waals surface area contributed by atoms with Crippen LogP contribution in [0.25, 0.3) is 0 Å². The van der Waals surface area contributed by atoms with Gasteiger partial charge in [0.25, 0.3) is 0 Å². The van der Waals surface area contributed by atoms with Crippen molar-refractivity contribution in [2.24, 2.45) is 23.2 Å². The topological polar surface area (TPSA) is 90.4 Å². The molecule has 1 saturated heterocycles. The van der Waals surface area contributed by atoms with Gasteiger partial charge in [0.1, 0.15) is 17.8 Å². The Labute approximate surface area is 184 Å². The fraction of sp³-hybridized carbons (Fsp3) is 0.792. The third-order valence-corrected chi connectivity index (χ3v) is 9.19. The van der Waals surface area contributed by atoms with Gasteiger partial charge in [-0.05, 0) is 87.5 Å². The molecule has 1 unspecified atom stereocenters. The number of aldehydes is 1. The molecule has 0 aromatic carbocycles. The van der Waals surface area contributed by atoms with Crippen molar-refractivity contribution in [3.05, 3.63) is 17.6 Å². The Bertz CT molecular complexity index is 817. The average molecular weight is 426 g/mol. The van der Waals surface area contributed by atoms with Crippen LogP contribution in [-0.2, 0) is 17.8 Å². The van der Waals surface area contributed by atoms with Crippen LogP contribution >= 0.6 is 0 Å². The Hall–Kier alpha value is -1.57. The zero-order valence-electron chi connectivity index (χ0n) is 18.4. The highest BCUT2D eigenvalue weighted by Crippen LogP contribution is 2.61. The summed E-state index contributed by atoms with van der Waals surface area (Å²) in [6, 6.07) is 0. The maximum Gasteiger partial charge on any atom is 0.154 e. The van der Waals surface area contributed by atoms with Gasteiger partial charge in [-0.1, -0.05) is 0 Å². The van der Waals surface area contributed by atoms with Crippen LogP contribution in [0, 0.1) is 23.2 Å². The molecular formula is C24H35N5O2. The summed E-state index contributed by atoms with van der Waals surface area (Å²) >= 11 is 0. The number of aliphatic hydroxyl groups is 1. The highest BCUT2D eigenvalue weighted by atomic mass is 16.3. The quantitative estimate of drug-likeness (QED) is 0.602. The smallest absolute Gasteiger partial charge is 0.154 e. The summed E-state index contributed by atoms with van der Waals surface area (Å²) < 4.78 is 0. The Morgan fingerprint density at radius 2 is 1.97 bits per heavy atom. The molecule has 7 rings (SSSR count). The second-order valence-corrected chi connectivity index (χ2v) is 11.1. The Kier molecular flexibility index (Phi) is 4.85. The summed E-state index contributed by atoms with van der Waals surface area (Å²) in [4.78, 5) is 23.2. The summed E-state index contributed by atoms with van der Waals surface area (Å²) in [5, 5.41) is 18.2. The molecule has 0 radical (unpaired) electrons. The number of aromatic nitrogens is 2. The number of nitrogens with zero attached hydrogens (tertiary/aromatic N) is 3. The zero-order valence-corrected chi connectivity index (χ0v) is 18.4. The highest BCUT2D eigenvalue weighted by molar-refractivity contribution is 5.64. The first-order chi connectivity index (χ1) is 15.1. The highest BCUT2D eigenvalue weighted by Gasteiger charge is 2.53. The predicted molar refractivity (Wildman–Crippen MR) is 117 cm³/mol. The summed E-state index contributed by atoms with van der Waals surface area (Å²) in [6.07, 6.45) is 12.9. The van der Waals surface area contributed by atoms with Gasteiger partial charge in [-0.15, -0.1) is 0 Å². The van der Waals surface area contributed by atoms with Crippen LogP contribution < -0.4 is 10.6 Å². The number of rotatable bonds is 6. The van der Waals surface area contributed by atoms with Crippen molar-refractivity contribution >= 4 is 12.1 Å². The number of aliphatic hydroxyl groups excluding tert-OH is 1. The number of hydrogen-bond donors (Lipinski definition) is 3. The third kappa shape index (κ3) is 3.31. The summed E-state index contributed by atoms with van der Waals surface area (Å²) in [6.45, 7) is 2.94. The normalized spacial score (nSPS) is 40.0. The van der Waals surface area contributed by atoms with Crippen LogP contribution in [0.3, 0.4) is 0 Å². The van der Waals surface area contributed by atoms with E-state index in [9.17, 15) is 9.90 Å². The fourth-order valence-electron chi connectivity index (χ4n) is 8.04. The van der Waals surface area contributed by atoms with E-state index in [0.717, 1.165) is 73.5 Å². The van der Waals surface area contributed by atoms with Gasteiger partial charge in [0.05, 0.1) is 11.8 Å². The molecule has 7 heteroatoms. The Morgan fingerprint density at radius 1 is 1.23 bits per heavy atom. The number of nitrogens with one attached hydrogen (secondary N) is 2. The minimum absolute atomic E-state index is 0.121. The van der Waals surface area contributed by atoms with E-state index in [0.29, 0.717) is 13.1 Å². The van der Waals surface area contributed by atoms with Crippen molar-refractivity contribution in [3.8, 4) is 0 Å². The second-order valence-electron chi connectivity index (χ2n) is 11.1. The standard InChI is InChI=1S/C24H35N5O2/c30-14-24(3-1-4-28-24)29-5-2-19-20(13-29)26-15-27-22(19)25-12-21(31)23-9-16-6-17(10-23)8-18(7-16)11-23/h14-18,21,28,31H,1-13H2,(H,25,26,27)/t16?,17?,18?,21?,23?,24-/m0/s1. The van der Waals surface area contributed by atoms with Crippen LogP contribution in [0.5, 0.6) is 0 Å². The molecule has 4 bridgehead atoms. The van der Waals surface area contributed by atoms with Gasteiger partial charge < -0.3 is 10.4 Å². The van der Waals surface area contributed by atoms with E-state index in [1.807, 2.05) is 0 Å². The average Bonchev–Trinajstić information content (AvgIpc) is 3.26. The minimum Gasteiger partial charge on any atom is -0.391 e. The molecule has 2 atom stereocenters. The van der Waals surface area contributed by atoms with Gasteiger partial charge >= 0.3 is 0 Å². The first-order valence-electron chi connectivity index (χ1n) is 12.3. The van der Waals surface area contributed by atoms with Crippen molar-refractivity contribution in [3.63, 3.8) is 0 Å².